The van der Waals surface area contributed by atoms with Crippen LogP contribution in [0.1, 0.15) is 29.0 Å². The summed E-state index contributed by atoms with van der Waals surface area (Å²) < 4.78 is 11.9. The van der Waals surface area contributed by atoms with Crippen LogP contribution in [-0.2, 0) is 4.74 Å². The largest absolute Gasteiger partial charge is 0.496 e. The lowest BCUT2D eigenvalue weighted by Crippen LogP contribution is -2.25. The van der Waals surface area contributed by atoms with Gasteiger partial charge >= 0.3 is 0 Å². The van der Waals surface area contributed by atoms with E-state index < -0.39 is 0 Å². The van der Waals surface area contributed by atoms with Crippen LogP contribution in [-0.4, -0.2) is 7.11 Å². The number of halogens is 1. The molecule has 126 valence electrons. The van der Waals surface area contributed by atoms with Crippen molar-refractivity contribution in [1.29, 1.82) is 0 Å². The Balaban J connectivity index is 1.77. The third-order valence-electron chi connectivity index (χ3n) is 4.40. The van der Waals surface area contributed by atoms with Crippen LogP contribution in [0.4, 0.5) is 5.69 Å². The highest BCUT2D eigenvalue weighted by Crippen LogP contribution is 2.43. The molecule has 0 aliphatic carbocycles. The van der Waals surface area contributed by atoms with Crippen molar-refractivity contribution < 1.29 is 9.47 Å². The number of hydrogen-bond donors (Lipinski definition) is 1. The molecule has 3 nitrogen and oxygen atoms in total. The molecule has 0 saturated carbocycles. The highest BCUT2D eigenvalue weighted by atomic mass is 35.5. The second kappa shape index (κ2) is 6.79. The molecule has 1 heterocycles. The first kappa shape index (κ1) is 16.0. The predicted molar refractivity (Wildman–Crippen MR) is 100 cm³/mol. The first-order valence-electron chi connectivity index (χ1n) is 8.15. The van der Waals surface area contributed by atoms with Gasteiger partial charge in [-0.3, -0.25) is 0 Å². The van der Waals surface area contributed by atoms with Gasteiger partial charge in [0.15, 0.2) is 6.23 Å². The van der Waals surface area contributed by atoms with E-state index in [1.807, 2.05) is 60.7 Å². The summed E-state index contributed by atoms with van der Waals surface area (Å²) in [6.45, 7) is 0. The van der Waals surface area contributed by atoms with Crippen molar-refractivity contribution in [3.05, 3.63) is 94.5 Å². The third-order valence-corrected chi connectivity index (χ3v) is 4.65. The van der Waals surface area contributed by atoms with Gasteiger partial charge in [0.1, 0.15) is 11.9 Å². The molecule has 25 heavy (non-hydrogen) atoms. The van der Waals surface area contributed by atoms with Crippen molar-refractivity contribution in [2.75, 3.05) is 12.4 Å². The second-order valence-electron chi connectivity index (χ2n) is 5.92. The van der Waals surface area contributed by atoms with E-state index in [0.29, 0.717) is 5.02 Å². The van der Waals surface area contributed by atoms with Gasteiger partial charge in [-0.15, -0.1) is 0 Å². The number of hydrogen-bond acceptors (Lipinski definition) is 3. The Labute approximate surface area is 152 Å². The van der Waals surface area contributed by atoms with Crippen LogP contribution in [0.25, 0.3) is 0 Å². The highest BCUT2D eigenvalue weighted by molar-refractivity contribution is 6.30. The molecule has 0 fully saturated rings. The summed E-state index contributed by atoms with van der Waals surface area (Å²) in [6, 6.07) is 23.9. The van der Waals surface area contributed by atoms with E-state index in [0.717, 1.165) is 28.1 Å². The van der Waals surface area contributed by atoms with E-state index in [-0.39, 0.29) is 12.3 Å². The quantitative estimate of drug-likeness (QED) is 0.668. The molecule has 0 bridgehead atoms. The lowest BCUT2D eigenvalue weighted by molar-refractivity contribution is 0.0145. The normalized spacial score (nSPS) is 19.0. The summed E-state index contributed by atoms with van der Waals surface area (Å²) in [6.07, 6.45) is -0.476. The average Bonchev–Trinajstić information content (AvgIpc) is 2.68. The summed E-state index contributed by atoms with van der Waals surface area (Å²) in [5.74, 6) is 0.800. The average molecular weight is 352 g/mol. The lowest BCUT2D eigenvalue weighted by atomic mass is 9.97. The molecule has 0 unspecified atom stereocenters. The van der Waals surface area contributed by atoms with E-state index >= 15 is 0 Å². The number of benzene rings is 3. The van der Waals surface area contributed by atoms with Gasteiger partial charge in [-0.05, 0) is 29.8 Å². The monoisotopic (exact) mass is 351 g/mol. The van der Waals surface area contributed by atoms with Crippen LogP contribution in [0.5, 0.6) is 5.75 Å². The topological polar surface area (TPSA) is 30.5 Å². The molecular formula is C21H18ClNO2. The number of fused-ring (bicyclic) bond motifs is 1. The Bertz CT molecular complexity index is 879. The van der Waals surface area contributed by atoms with Gasteiger partial charge in [0.2, 0.25) is 0 Å². The Hall–Kier alpha value is -2.49. The summed E-state index contributed by atoms with van der Waals surface area (Å²) in [5, 5.41) is 4.19. The zero-order chi connectivity index (χ0) is 17.2. The van der Waals surface area contributed by atoms with E-state index in [1.165, 1.54) is 0 Å². The van der Waals surface area contributed by atoms with Crippen LogP contribution in [0, 0.1) is 0 Å². The first-order valence-corrected chi connectivity index (χ1v) is 8.53. The van der Waals surface area contributed by atoms with Crippen molar-refractivity contribution in [3.8, 4) is 5.75 Å². The van der Waals surface area contributed by atoms with Gasteiger partial charge in [-0.2, -0.15) is 0 Å². The van der Waals surface area contributed by atoms with Gasteiger partial charge in [0.05, 0.1) is 7.11 Å². The molecule has 3 aromatic rings. The molecule has 0 spiro atoms. The molecule has 0 saturated heterocycles. The molecule has 2 atom stereocenters. The number of rotatable bonds is 3. The summed E-state index contributed by atoms with van der Waals surface area (Å²) >= 11 is 6.05. The standard InChI is InChI=1S/C21H18ClNO2/c1-24-19-9-5-3-7-17(19)21-23-18-8-4-2-6-16(18)20(25-21)14-10-12-15(22)13-11-14/h2-13,20-21,23H,1H3/t20-,21+/m0/s1. The second-order valence-corrected chi connectivity index (χ2v) is 6.36. The van der Waals surface area contributed by atoms with Crippen molar-refractivity contribution in [2.24, 2.45) is 0 Å². The molecule has 1 aliphatic rings. The zero-order valence-electron chi connectivity index (χ0n) is 13.8. The minimum absolute atomic E-state index is 0.176. The van der Waals surface area contributed by atoms with E-state index in [9.17, 15) is 0 Å². The van der Waals surface area contributed by atoms with Gasteiger partial charge in [0, 0.05) is 21.8 Å². The highest BCUT2D eigenvalue weighted by Gasteiger charge is 2.30. The number of methoxy groups -OCH3 is 1. The molecule has 0 amide bonds. The molecular weight excluding hydrogens is 334 g/mol. The van der Waals surface area contributed by atoms with Crippen molar-refractivity contribution in [3.63, 3.8) is 0 Å². The third kappa shape index (κ3) is 3.09. The fourth-order valence-corrected chi connectivity index (χ4v) is 3.30. The maximum atomic E-state index is 6.43. The van der Waals surface area contributed by atoms with Crippen molar-refractivity contribution in [2.45, 2.75) is 12.3 Å². The number of nitrogens with one attached hydrogen (secondary N) is 1. The summed E-state index contributed by atoms with van der Waals surface area (Å²) in [5.41, 5.74) is 4.21. The maximum absolute atomic E-state index is 6.43. The van der Waals surface area contributed by atoms with Gasteiger partial charge in [-0.1, -0.05) is 60.1 Å². The lowest BCUT2D eigenvalue weighted by Gasteiger charge is -2.34. The summed E-state index contributed by atoms with van der Waals surface area (Å²) in [7, 11) is 1.67. The molecule has 4 rings (SSSR count). The Morgan fingerprint density at radius 1 is 0.880 bits per heavy atom. The minimum Gasteiger partial charge on any atom is -0.496 e. The summed E-state index contributed by atoms with van der Waals surface area (Å²) in [4.78, 5) is 0. The van der Waals surface area contributed by atoms with Crippen molar-refractivity contribution in [1.82, 2.24) is 0 Å². The Morgan fingerprint density at radius 3 is 2.32 bits per heavy atom. The fraction of sp³-hybridized carbons (Fsp3) is 0.143. The SMILES string of the molecule is COc1ccccc1[C@@H]1Nc2ccccc2[C@H](c2ccc(Cl)cc2)O1. The predicted octanol–water partition coefficient (Wildman–Crippen LogP) is 5.58. The molecule has 1 aliphatic heterocycles. The van der Waals surface area contributed by atoms with Gasteiger partial charge in [-0.25, -0.2) is 0 Å². The van der Waals surface area contributed by atoms with Crippen LogP contribution in [0.15, 0.2) is 72.8 Å². The van der Waals surface area contributed by atoms with E-state index in [4.69, 9.17) is 21.1 Å². The number of ether oxygens (including phenoxy) is 2. The first-order chi connectivity index (χ1) is 12.3. The van der Waals surface area contributed by atoms with Gasteiger partial charge in [0.25, 0.3) is 0 Å². The minimum atomic E-state index is -0.299. The van der Waals surface area contributed by atoms with E-state index in [2.05, 4.69) is 17.4 Å². The smallest absolute Gasteiger partial charge is 0.158 e. The Morgan fingerprint density at radius 2 is 1.56 bits per heavy atom. The van der Waals surface area contributed by atoms with Crippen LogP contribution in [0.2, 0.25) is 5.02 Å². The van der Waals surface area contributed by atoms with Crippen LogP contribution >= 0.6 is 11.6 Å². The molecule has 3 aromatic carbocycles. The number of para-hydroxylation sites is 2. The molecule has 4 heteroatoms. The van der Waals surface area contributed by atoms with Crippen molar-refractivity contribution >= 4 is 17.3 Å². The molecule has 0 aromatic heterocycles. The number of anilines is 1. The molecule has 0 radical (unpaired) electrons. The van der Waals surface area contributed by atoms with Gasteiger partial charge < -0.3 is 14.8 Å². The van der Waals surface area contributed by atoms with E-state index in [1.54, 1.807) is 7.11 Å². The van der Waals surface area contributed by atoms with Crippen LogP contribution < -0.4 is 10.1 Å². The maximum Gasteiger partial charge on any atom is 0.158 e. The fourth-order valence-electron chi connectivity index (χ4n) is 3.17. The molecule has 1 N–H and O–H groups in total. The Kier molecular flexibility index (Phi) is 4.35. The zero-order valence-corrected chi connectivity index (χ0v) is 14.5. The van der Waals surface area contributed by atoms with Crippen LogP contribution in [0.3, 0.4) is 0 Å².